The molecule has 0 aliphatic carbocycles. The van der Waals surface area contributed by atoms with E-state index in [1.165, 1.54) is 0 Å². The Bertz CT molecular complexity index is 741. The molecule has 0 spiro atoms. The smallest absolute Gasteiger partial charge is 0.410 e. The number of hydrogen-bond donors (Lipinski definition) is 0. The highest BCUT2D eigenvalue weighted by atomic mass is 16.6. The largest absolute Gasteiger partial charge is 0.479 e. The Balaban J connectivity index is 2.01. The van der Waals surface area contributed by atoms with Crippen LogP contribution in [0.4, 0.5) is 4.79 Å². The zero-order valence-corrected chi connectivity index (χ0v) is 17.3. The van der Waals surface area contributed by atoms with Crippen LogP contribution in [0.15, 0.2) is 24.3 Å². The van der Waals surface area contributed by atoms with Gasteiger partial charge in [0.15, 0.2) is 6.10 Å². The molecular weight excluding hydrogens is 358 g/mol. The van der Waals surface area contributed by atoms with Crippen LogP contribution in [0.2, 0.25) is 0 Å². The van der Waals surface area contributed by atoms with Gasteiger partial charge in [-0.15, -0.1) is 0 Å². The Morgan fingerprint density at radius 2 is 1.64 bits per heavy atom. The van der Waals surface area contributed by atoms with Crippen LogP contribution in [0.3, 0.4) is 0 Å². The van der Waals surface area contributed by atoms with Gasteiger partial charge in [0.1, 0.15) is 17.4 Å². The minimum absolute atomic E-state index is 0.0665. The zero-order chi connectivity index (χ0) is 20.9. The number of benzene rings is 1. The van der Waals surface area contributed by atoms with Crippen molar-refractivity contribution >= 4 is 12.0 Å². The quantitative estimate of drug-likeness (QED) is 0.793. The molecule has 1 unspecified atom stereocenters. The first-order chi connectivity index (χ1) is 13.1. The van der Waals surface area contributed by atoms with E-state index >= 15 is 0 Å². The van der Waals surface area contributed by atoms with Gasteiger partial charge in [0, 0.05) is 26.2 Å². The van der Waals surface area contributed by atoms with E-state index in [9.17, 15) is 14.9 Å². The Morgan fingerprint density at radius 3 is 2.18 bits per heavy atom. The topological polar surface area (TPSA) is 82.9 Å². The molecule has 152 valence electrons. The van der Waals surface area contributed by atoms with Crippen molar-refractivity contribution in [3.8, 4) is 11.8 Å². The average Bonchev–Trinajstić information content (AvgIpc) is 2.64. The van der Waals surface area contributed by atoms with Crippen molar-refractivity contribution < 1.29 is 19.1 Å². The number of piperazine rings is 1. The molecule has 1 atom stereocenters. The molecule has 0 aromatic heterocycles. The number of rotatable bonds is 4. The second-order valence-corrected chi connectivity index (χ2v) is 8.18. The van der Waals surface area contributed by atoms with E-state index in [2.05, 4.69) is 6.07 Å². The van der Waals surface area contributed by atoms with Gasteiger partial charge < -0.3 is 19.3 Å². The number of carbonyl (C=O) groups is 2. The van der Waals surface area contributed by atoms with Gasteiger partial charge in [0.05, 0.1) is 5.56 Å². The van der Waals surface area contributed by atoms with Gasteiger partial charge in [-0.3, -0.25) is 4.79 Å². The lowest BCUT2D eigenvalue weighted by atomic mass is 10.0. The van der Waals surface area contributed by atoms with Crippen molar-refractivity contribution in [1.29, 1.82) is 5.26 Å². The van der Waals surface area contributed by atoms with E-state index in [4.69, 9.17) is 9.47 Å². The van der Waals surface area contributed by atoms with E-state index in [-0.39, 0.29) is 17.9 Å². The van der Waals surface area contributed by atoms with E-state index in [1.807, 2.05) is 34.6 Å². The predicted molar refractivity (Wildman–Crippen MR) is 105 cm³/mol. The predicted octanol–water partition coefficient (Wildman–Crippen LogP) is 3.04. The highest BCUT2D eigenvalue weighted by molar-refractivity contribution is 5.82. The minimum Gasteiger partial charge on any atom is -0.479 e. The normalized spacial score (nSPS) is 15.8. The minimum atomic E-state index is -0.692. The number of nitriles is 1. The van der Waals surface area contributed by atoms with Crippen molar-refractivity contribution in [2.45, 2.75) is 46.3 Å². The van der Waals surface area contributed by atoms with Crippen LogP contribution in [0, 0.1) is 17.2 Å². The van der Waals surface area contributed by atoms with Crippen LogP contribution in [0.1, 0.15) is 40.2 Å². The van der Waals surface area contributed by atoms with Gasteiger partial charge >= 0.3 is 6.09 Å². The lowest BCUT2D eigenvalue weighted by Crippen LogP contribution is -2.55. The highest BCUT2D eigenvalue weighted by Gasteiger charge is 2.33. The van der Waals surface area contributed by atoms with Gasteiger partial charge in [-0.1, -0.05) is 26.0 Å². The summed E-state index contributed by atoms with van der Waals surface area (Å²) in [4.78, 5) is 28.5. The van der Waals surface area contributed by atoms with Crippen molar-refractivity contribution in [1.82, 2.24) is 9.80 Å². The third-order valence-electron chi connectivity index (χ3n) is 4.35. The molecule has 1 saturated heterocycles. The number of nitrogens with zero attached hydrogens (tertiary/aromatic N) is 3. The summed E-state index contributed by atoms with van der Waals surface area (Å²) < 4.78 is 11.3. The first-order valence-corrected chi connectivity index (χ1v) is 9.55. The molecule has 1 aliphatic heterocycles. The Morgan fingerprint density at radius 1 is 1.07 bits per heavy atom. The summed E-state index contributed by atoms with van der Waals surface area (Å²) in [5, 5.41) is 9.24. The summed E-state index contributed by atoms with van der Waals surface area (Å²) in [6.07, 6.45) is -1.05. The molecule has 0 radical (unpaired) electrons. The Labute approximate surface area is 166 Å². The summed E-state index contributed by atoms with van der Waals surface area (Å²) in [5.41, 5.74) is -0.148. The molecule has 7 heteroatoms. The standard InChI is InChI=1S/C21H29N3O4/c1-15(2)18(27-17-9-7-6-8-16(17)14-22)19(25)23-10-12-24(13-11-23)20(26)28-21(3,4)5/h6-9,15,18H,10-13H2,1-5H3. The highest BCUT2D eigenvalue weighted by Crippen LogP contribution is 2.22. The first kappa shape index (κ1) is 21.5. The van der Waals surface area contributed by atoms with Crippen molar-refractivity contribution in [3.05, 3.63) is 29.8 Å². The van der Waals surface area contributed by atoms with Crippen molar-refractivity contribution in [2.75, 3.05) is 26.2 Å². The number of para-hydroxylation sites is 1. The maximum atomic E-state index is 13.0. The Hall–Kier alpha value is -2.75. The molecule has 0 N–H and O–H groups in total. The summed E-state index contributed by atoms with van der Waals surface area (Å²) in [6, 6.07) is 8.98. The maximum absolute atomic E-state index is 13.0. The molecule has 0 bridgehead atoms. The number of hydrogen-bond acceptors (Lipinski definition) is 5. The van der Waals surface area contributed by atoms with Gasteiger partial charge in [-0.2, -0.15) is 5.26 Å². The van der Waals surface area contributed by atoms with E-state index in [0.717, 1.165) is 0 Å². The van der Waals surface area contributed by atoms with Gasteiger partial charge in [-0.05, 0) is 38.8 Å². The maximum Gasteiger partial charge on any atom is 0.410 e. The summed E-state index contributed by atoms with van der Waals surface area (Å²) in [5.74, 6) is 0.208. The van der Waals surface area contributed by atoms with Gasteiger partial charge in [0.25, 0.3) is 5.91 Å². The molecule has 2 amide bonds. The van der Waals surface area contributed by atoms with Crippen LogP contribution in [-0.4, -0.2) is 59.7 Å². The molecule has 2 rings (SSSR count). The summed E-state index contributed by atoms with van der Waals surface area (Å²) >= 11 is 0. The fourth-order valence-corrected chi connectivity index (χ4v) is 2.89. The molecule has 1 aromatic carbocycles. The zero-order valence-electron chi connectivity index (χ0n) is 17.3. The lowest BCUT2D eigenvalue weighted by molar-refractivity contribution is -0.142. The molecule has 0 saturated carbocycles. The molecule has 7 nitrogen and oxygen atoms in total. The first-order valence-electron chi connectivity index (χ1n) is 9.55. The fourth-order valence-electron chi connectivity index (χ4n) is 2.89. The second kappa shape index (κ2) is 8.96. The average molecular weight is 387 g/mol. The molecule has 28 heavy (non-hydrogen) atoms. The second-order valence-electron chi connectivity index (χ2n) is 8.18. The number of ether oxygens (including phenoxy) is 2. The molecule has 1 aromatic rings. The SMILES string of the molecule is CC(C)C(Oc1ccccc1C#N)C(=O)N1CCN(C(=O)OC(C)(C)C)CC1. The monoisotopic (exact) mass is 387 g/mol. The third-order valence-corrected chi connectivity index (χ3v) is 4.35. The molecular formula is C21H29N3O4. The number of carbonyl (C=O) groups excluding carboxylic acids is 2. The Kier molecular flexibility index (Phi) is 6.90. The van der Waals surface area contributed by atoms with Gasteiger partial charge in [-0.25, -0.2) is 4.79 Å². The van der Waals surface area contributed by atoms with Crippen LogP contribution >= 0.6 is 0 Å². The van der Waals surface area contributed by atoms with E-state index in [1.54, 1.807) is 34.1 Å². The number of amides is 2. The van der Waals surface area contributed by atoms with E-state index in [0.29, 0.717) is 37.5 Å². The summed E-state index contributed by atoms with van der Waals surface area (Å²) in [6.45, 7) is 11.0. The van der Waals surface area contributed by atoms with E-state index < -0.39 is 11.7 Å². The van der Waals surface area contributed by atoms with Crippen molar-refractivity contribution in [3.63, 3.8) is 0 Å². The van der Waals surface area contributed by atoms with Crippen LogP contribution in [-0.2, 0) is 9.53 Å². The summed E-state index contributed by atoms with van der Waals surface area (Å²) in [7, 11) is 0. The molecule has 1 heterocycles. The molecule has 1 aliphatic rings. The van der Waals surface area contributed by atoms with Gasteiger partial charge in [0.2, 0.25) is 0 Å². The lowest BCUT2D eigenvalue weighted by Gasteiger charge is -2.37. The molecule has 1 fully saturated rings. The third kappa shape index (κ3) is 5.62. The van der Waals surface area contributed by atoms with Crippen LogP contribution in [0.5, 0.6) is 5.75 Å². The van der Waals surface area contributed by atoms with Crippen LogP contribution in [0.25, 0.3) is 0 Å². The van der Waals surface area contributed by atoms with Crippen molar-refractivity contribution in [2.24, 2.45) is 5.92 Å². The fraction of sp³-hybridized carbons (Fsp3) is 0.571. The van der Waals surface area contributed by atoms with Crippen LogP contribution < -0.4 is 4.74 Å².